The van der Waals surface area contributed by atoms with Gasteiger partial charge in [0.25, 0.3) is 0 Å². The average Bonchev–Trinajstić information content (AvgIpc) is 2.81. The van der Waals surface area contributed by atoms with E-state index in [-0.39, 0.29) is 17.4 Å². The average molecular weight is 218 g/mol. The Balaban J connectivity index is 2.44. The summed E-state index contributed by atoms with van der Waals surface area (Å²) in [6, 6.07) is 10.7. The highest BCUT2D eigenvalue weighted by molar-refractivity contribution is 5.29. The molecule has 0 saturated heterocycles. The van der Waals surface area contributed by atoms with Crippen molar-refractivity contribution in [1.82, 2.24) is 0 Å². The van der Waals surface area contributed by atoms with Gasteiger partial charge in [-0.25, -0.2) is 0 Å². The second-order valence-electron chi connectivity index (χ2n) is 5.70. The van der Waals surface area contributed by atoms with Crippen molar-refractivity contribution in [3.8, 4) is 0 Å². The van der Waals surface area contributed by atoms with Crippen molar-refractivity contribution in [2.75, 3.05) is 6.61 Å². The van der Waals surface area contributed by atoms with Crippen LogP contribution in [0, 0.1) is 5.41 Å². The molecule has 1 aromatic rings. The van der Waals surface area contributed by atoms with Gasteiger partial charge in [0.2, 0.25) is 0 Å². The van der Waals surface area contributed by atoms with Crippen LogP contribution in [0.15, 0.2) is 30.3 Å². The van der Waals surface area contributed by atoms with E-state index in [2.05, 4.69) is 44.2 Å². The van der Waals surface area contributed by atoms with Crippen LogP contribution in [0.1, 0.15) is 45.1 Å². The van der Waals surface area contributed by atoms with E-state index in [4.69, 9.17) is 0 Å². The van der Waals surface area contributed by atoms with Gasteiger partial charge in [-0.05, 0) is 23.8 Å². The van der Waals surface area contributed by atoms with Gasteiger partial charge < -0.3 is 5.11 Å². The smallest absolute Gasteiger partial charge is 0.0490 e. The molecule has 0 heterocycles. The lowest BCUT2D eigenvalue weighted by molar-refractivity contribution is 0.0702. The fourth-order valence-corrected chi connectivity index (χ4v) is 3.24. The van der Waals surface area contributed by atoms with Crippen LogP contribution in [0.5, 0.6) is 0 Å². The molecule has 2 rings (SSSR count). The van der Waals surface area contributed by atoms with Gasteiger partial charge in [0, 0.05) is 12.0 Å². The fourth-order valence-electron chi connectivity index (χ4n) is 3.24. The predicted molar refractivity (Wildman–Crippen MR) is 67.5 cm³/mol. The van der Waals surface area contributed by atoms with E-state index in [0.717, 1.165) is 0 Å². The summed E-state index contributed by atoms with van der Waals surface area (Å²) in [7, 11) is 0. The molecule has 1 nitrogen and oxygen atoms in total. The Morgan fingerprint density at radius 1 is 1.12 bits per heavy atom. The molecule has 0 aliphatic heterocycles. The van der Waals surface area contributed by atoms with Gasteiger partial charge in [-0.15, -0.1) is 0 Å². The summed E-state index contributed by atoms with van der Waals surface area (Å²) in [5.41, 5.74) is 1.57. The van der Waals surface area contributed by atoms with Crippen molar-refractivity contribution in [3.05, 3.63) is 35.9 Å². The third-order valence-corrected chi connectivity index (χ3v) is 4.47. The number of aliphatic hydroxyl groups is 1. The van der Waals surface area contributed by atoms with Crippen LogP contribution in [0.4, 0.5) is 0 Å². The maximum Gasteiger partial charge on any atom is 0.0490 e. The molecule has 1 N–H and O–H groups in total. The predicted octanol–water partition coefficient (Wildman–Crippen LogP) is 3.52. The first-order valence-corrected chi connectivity index (χ1v) is 6.29. The van der Waals surface area contributed by atoms with E-state index in [1.165, 1.54) is 31.2 Å². The maximum absolute atomic E-state index is 9.68. The lowest BCUT2D eigenvalue weighted by atomic mass is 9.61. The van der Waals surface area contributed by atoms with Crippen LogP contribution in [0.3, 0.4) is 0 Å². The summed E-state index contributed by atoms with van der Waals surface area (Å²) < 4.78 is 0. The van der Waals surface area contributed by atoms with Gasteiger partial charge >= 0.3 is 0 Å². The van der Waals surface area contributed by atoms with E-state index in [1.807, 2.05) is 0 Å². The van der Waals surface area contributed by atoms with Crippen LogP contribution in [-0.2, 0) is 5.41 Å². The highest BCUT2D eigenvalue weighted by atomic mass is 16.3. The third kappa shape index (κ3) is 1.67. The van der Waals surface area contributed by atoms with Gasteiger partial charge in [-0.3, -0.25) is 0 Å². The maximum atomic E-state index is 9.68. The van der Waals surface area contributed by atoms with Crippen LogP contribution >= 0.6 is 0 Å². The molecule has 0 aromatic heterocycles. The Labute approximate surface area is 98.5 Å². The number of aliphatic hydroxyl groups excluding tert-OH is 1. The highest BCUT2D eigenvalue weighted by Gasteiger charge is 2.47. The van der Waals surface area contributed by atoms with Gasteiger partial charge in [0.15, 0.2) is 0 Å². The standard InChI is InChI=1S/C15H22O/c1-14(2,12-16)15(10-6-7-11-15)13-8-4-3-5-9-13/h3-5,8-9,16H,6-7,10-12H2,1-2H3. The third-order valence-electron chi connectivity index (χ3n) is 4.47. The van der Waals surface area contributed by atoms with Crippen molar-refractivity contribution in [2.45, 2.75) is 44.9 Å². The first-order chi connectivity index (χ1) is 7.62. The number of hydrogen-bond acceptors (Lipinski definition) is 1. The van der Waals surface area contributed by atoms with Crippen LogP contribution in [0.25, 0.3) is 0 Å². The van der Waals surface area contributed by atoms with Gasteiger partial charge in [-0.2, -0.15) is 0 Å². The molecular weight excluding hydrogens is 196 g/mol. The lowest BCUT2D eigenvalue weighted by Crippen LogP contribution is -2.42. The quantitative estimate of drug-likeness (QED) is 0.823. The van der Waals surface area contributed by atoms with Crippen LogP contribution in [0.2, 0.25) is 0 Å². The largest absolute Gasteiger partial charge is 0.396 e. The second kappa shape index (κ2) is 4.21. The summed E-state index contributed by atoms with van der Waals surface area (Å²) in [6.07, 6.45) is 5.01. The topological polar surface area (TPSA) is 20.2 Å². The first kappa shape index (κ1) is 11.7. The van der Waals surface area contributed by atoms with Gasteiger partial charge in [-0.1, -0.05) is 57.0 Å². The van der Waals surface area contributed by atoms with Crippen molar-refractivity contribution in [2.24, 2.45) is 5.41 Å². The zero-order valence-electron chi connectivity index (χ0n) is 10.4. The second-order valence-corrected chi connectivity index (χ2v) is 5.70. The minimum atomic E-state index is -0.0230. The van der Waals surface area contributed by atoms with Crippen LogP contribution in [-0.4, -0.2) is 11.7 Å². The molecule has 0 amide bonds. The molecule has 1 saturated carbocycles. The molecule has 0 unspecified atom stereocenters. The monoisotopic (exact) mass is 218 g/mol. The Morgan fingerprint density at radius 3 is 2.19 bits per heavy atom. The highest BCUT2D eigenvalue weighted by Crippen LogP contribution is 2.52. The number of rotatable bonds is 3. The molecule has 1 aliphatic carbocycles. The molecular formula is C15H22O. The molecule has 0 bridgehead atoms. The zero-order chi connectivity index (χ0) is 11.6. The fraction of sp³-hybridized carbons (Fsp3) is 0.600. The molecule has 0 atom stereocenters. The molecule has 16 heavy (non-hydrogen) atoms. The SMILES string of the molecule is CC(C)(CO)C1(c2ccccc2)CCCC1. The van der Waals surface area contributed by atoms with E-state index >= 15 is 0 Å². The number of benzene rings is 1. The Hall–Kier alpha value is -0.820. The molecule has 88 valence electrons. The minimum absolute atomic E-state index is 0.0230. The molecule has 1 fully saturated rings. The normalized spacial score (nSPS) is 19.9. The van der Waals surface area contributed by atoms with E-state index in [1.54, 1.807) is 0 Å². The number of hydrogen-bond donors (Lipinski definition) is 1. The Morgan fingerprint density at radius 2 is 1.69 bits per heavy atom. The molecule has 1 aliphatic rings. The van der Waals surface area contributed by atoms with Crippen molar-refractivity contribution >= 4 is 0 Å². The summed E-state index contributed by atoms with van der Waals surface area (Å²) in [5.74, 6) is 0. The Kier molecular flexibility index (Phi) is 3.07. The van der Waals surface area contributed by atoms with Crippen LogP contribution < -0.4 is 0 Å². The lowest BCUT2D eigenvalue weighted by Gasteiger charge is -2.44. The van der Waals surface area contributed by atoms with Crippen molar-refractivity contribution in [3.63, 3.8) is 0 Å². The van der Waals surface area contributed by atoms with Crippen molar-refractivity contribution < 1.29 is 5.11 Å². The summed E-state index contributed by atoms with van der Waals surface area (Å²) >= 11 is 0. The van der Waals surface area contributed by atoms with Crippen molar-refractivity contribution in [1.29, 1.82) is 0 Å². The van der Waals surface area contributed by atoms with E-state index in [9.17, 15) is 5.11 Å². The zero-order valence-corrected chi connectivity index (χ0v) is 10.4. The minimum Gasteiger partial charge on any atom is -0.396 e. The van der Waals surface area contributed by atoms with E-state index in [0.29, 0.717) is 0 Å². The molecule has 0 radical (unpaired) electrons. The summed E-state index contributed by atoms with van der Waals surface area (Å²) in [4.78, 5) is 0. The van der Waals surface area contributed by atoms with E-state index < -0.39 is 0 Å². The van der Waals surface area contributed by atoms with Gasteiger partial charge in [0.05, 0.1) is 0 Å². The Bertz CT molecular complexity index is 334. The molecule has 1 heteroatoms. The molecule has 0 spiro atoms. The summed E-state index contributed by atoms with van der Waals surface area (Å²) in [5, 5.41) is 9.68. The first-order valence-electron chi connectivity index (χ1n) is 6.29. The molecule has 1 aromatic carbocycles. The van der Waals surface area contributed by atoms with Gasteiger partial charge in [0.1, 0.15) is 0 Å². The summed E-state index contributed by atoms with van der Waals surface area (Å²) in [6.45, 7) is 4.67.